The summed E-state index contributed by atoms with van der Waals surface area (Å²) in [5, 5.41) is 0. The van der Waals surface area contributed by atoms with Gasteiger partial charge in [0.05, 0.1) is 27.7 Å². The van der Waals surface area contributed by atoms with Gasteiger partial charge in [0.2, 0.25) is 0 Å². The van der Waals surface area contributed by atoms with Gasteiger partial charge >= 0.3 is 11.9 Å². The van der Waals surface area contributed by atoms with Crippen LogP contribution < -0.4 is 4.89 Å². The fraction of sp³-hybridized carbons (Fsp3) is 0.714. The lowest BCUT2D eigenvalue weighted by Gasteiger charge is -2.28. The molecule has 2 unspecified atom stereocenters. The fourth-order valence-electron chi connectivity index (χ4n) is 8.79. The van der Waals surface area contributed by atoms with Crippen LogP contribution in [0.25, 0.3) is 0 Å². The van der Waals surface area contributed by atoms with E-state index in [0.717, 1.165) is 96.3 Å². The van der Waals surface area contributed by atoms with Gasteiger partial charge in [-0.25, -0.2) is 0 Å². The molecule has 0 fully saturated rings. The summed E-state index contributed by atoms with van der Waals surface area (Å²) in [6, 6.07) is 0. The Morgan fingerprint density at radius 2 is 0.713 bits per heavy atom. The molecular formula is C70H122NO8P. The van der Waals surface area contributed by atoms with Gasteiger partial charge in [-0.2, -0.15) is 0 Å². The van der Waals surface area contributed by atoms with Crippen molar-refractivity contribution in [2.75, 3.05) is 47.5 Å². The number of unbranched alkanes of at least 4 members (excludes halogenated alkanes) is 27. The number of ether oxygens (including phenoxy) is 2. The van der Waals surface area contributed by atoms with E-state index in [1.165, 1.54) is 141 Å². The first-order valence-corrected chi connectivity index (χ1v) is 34.1. The van der Waals surface area contributed by atoms with Crippen molar-refractivity contribution in [3.8, 4) is 0 Å². The van der Waals surface area contributed by atoms with Crippen LogP contribution in [-0.4, -0.2) is 70.0 Å². The van der Waals surface area contributed by atoms with Gasteiger partial charge in [-0.3, -0.25) is 14.2 Å². The molecule has 0 N–H and O–H groups in total. The first-order chi connectivity index (χ1) is 39.0. The summed E-state index contributed by atoms with van der Waals surface area (Å²) in [5.41, 5.74) is 0. The van der Waals surface area contributed by atoms with Crippen molar-refractivity contribution in [3.05, 3.63) is 109 Å². The Kier molecular flexibility index (Phi) is 57.8. The molecule has 0 bridgehead atoms. The Hall–Kier alpha value is -3.33. The van der Waals surface area contributed by atoms with Gasteiger partial charge in [0.15, 0.2) is 6.10 Å². The minimum absolute atomic E-state index is 0.0367. The summed E-state index contributed by atoms with van der Waals surface area (Å²) >= 11 is 0. The van der Waals surface area contributed by atoms with Crippen LogP contribution >= 0.6 is 7.82 Å². The Labute approximate surface area is 493 Å². The van der Waals surface area contributed by atoms with E-state index in [9.17, 15) is 19.0 Å². The summed E-state index contributed by atoms with van der Waals surface area (Å²) < 4.78 is 34.3. The van der Waals surface area contributed by atoms with Gasteiger partial charge in [-0.1, -0.05) is 264 Å². The highest BCUT2D eigenvalue weighted by molar-refractivity contribution is 7.45. The molecule has 0 saturated heterocycles. The number of hydrogen-bond donors (Lipinski definition) is 0. The predicted molar refractivity (Wildman–Crippen MR) is 342 cm³/mol. The quantitative estimate of drug-likeness (QED) is 0.0195. The number of phosphoric acid groups is 1. The number of carbonyl (C=O) groups is 2. The van der Waals surface area contributed by atoms with E-state index in [1.54, 1.807) is 0 Å². The highest BCUT2D eigenvalue weighted by atomic mass is 31.2. The lowest BCUT2D eigenvalue weighted by atomic mass is 10.0. The average Bonchev–Trinajstić information content (AvgIpc) is 3.42. The van der Waals surface area contributed by atoms with Gasteiger partial charge in [0, 0.05) is 12.8 Å². The van der Waals surface area contributed by atoms with Crippen LogP contribution in [0, 0.1) is 0 Å². The SMILES string of the molecule is CC/C=C\C/C=C\C/C=C\C/C=C\C/C=C\C/C=C\CCCCCCCCCCCCC(=O)OC(COC(=O)CCCCCCCCCCCCCC/C=C\C/C=C\C/C=C\CCCCCCC)COP(=O)([O-])OCC[N+](C)(C)C. The van der Waals surface area contributed by atoms with Gasteiger partial charge in [0.25, 0.3) is 7.82 Å². The zero-order valence-corrected chi connectivity index (χ0v) is 53.1. The molecule has 0 aliphatic rings. The standard InChI is InChI=1S/C70H122NO8P/c1-6-8-10-12-14-16-18-20-22-24-26-28-30-32-34-35-37-39-41-43-45-47-49-51-53-55-57-59-61-63-70(73)79-68(67-78-80(74,75)77-65-64-71(3,4)5)66-76-69(72)62-60-58-56-54-52-50-48-46-44-42-40-38-36-33-31-29-27-25-23-21-19-17-15-13-11-9-7-2/h8,10,14,16,19-22,25-28,31-34,37,39,68H,6-7,9,11-13,15,17-18,23-24,29-30,35-36,38,40-67H2,1-5H3/b10-8-,16-14-,21-19-,22-20-,27-25-,28-26-,33-31-,34-32-,39-37-. The number of carbonyl (C=O) groups excluding carboxylic acids is 2. The van der Waals surface area contributed by atoms with Crippen LogP contribution in [0.15, 0.2) is 109 Å². The number of phosphoric ester groups is 1. The number of rotatable bonds is 59. The van der Waals surface area contributed by atoms with Crippen LogP contribution in [0.5, 0.6) is 0 Å². The number of nitrogens with zero attached hydrogens (tertiary/aromatic N) is 1. The third kappa shape index (κ3) is 63.8. The van der Waals surface area contributed by atoms with Crippen molar-refractivity contribution < 1.29 is 42.1 Å². The van der Waals surface area contributed by atoms with E-state index in [0.29, 0.717) is 17.4 Å². The van der Waals surface area contributed by atoms with Crippen molar-refractivity contribution in [2.24, 2.45) is 0 Å². The normalized spacial score (nSPS) is 13.9. The molecule has 80 heavy (non-hydrogen) atoms. The molecular weight excluding hydrogens is 1010 g/mol. The van der Waals surface area contributed by atoms with Crippen molar-refractivity contribution in [3.63, 3.8) is 0 Å². The lowest BCUT2D eigenvalue weighted by Crippen LogP contribution is -2.37. The average molecular weight is 1140 g/mol. The molecule has 0 aromatic rings. The van der Waals surface area contributed by atoms with E-state index in [1.807, 2.05) is 21.1 Å². The Balaban J connectivity index is 4.14. The van der Waals surface area contributed by atoms with E-state index in [2.05, 4.69) is 123 Å². The molecule has 0 saturated carbocycles. The molecule has 0 aromatic heterocycles. The molecule has 10 heteroatoms. The highest BCUT2D eigenvalue weighted by Crippen LogP contribution is 2.38. The van der Waals surface area contributed by atoms with Crippen LogP contribution in [-0.2, 0) is 32.7 Å². The van der Waals surface area contributed by atoms with Crippen LogP contribution in [0.3, 0.4) is 0 Å². The van der Waals surface area contributed by atoms with Crippen molar-refractivity contribution in [1.82, 2.24) is 0 Å². The van der Waals surface area contributed by atoms with Crippen molar-refractivity contribution in [1.29, 1.82) is 0 Å². The Morgan fingerprint density at radius 3 is 1.06 bits per heavy atom. The molecule has 0 aromatic carbocycles. The van der Waals surface area contributed by atoms with E-state index in [4.69, 9.17) is 18.5 Å². The highest BCUT2D eigenvalue weighted by Gasteiger charge is 2.22. The Bertz CT molecular complexity index is 1720. The zero-order chi connectivity index (χ0) is 58.4. The molecule has 0 heterocycles. The minimum Gasteiger partial charge on any atom is -0.756 e. The molecule has 460 valence electrons. The molecule has 0 amide bonds. The van der Waals surface area contributed by atoms with E-state index >= 15 is 0 Å². The third-order valence-corrected chi connectivity index (χ3v) is 14.7. The summed E-state index contributed by atoms with van der Waals surface area (Å²) in [7, 11) is 1.15. The van der Waals surface area contributed by atoms with Crippen molar-refractivity contribution >= 4 is 19.8 Å². The number of allylic oxidation sites excluding steroid dienone is 18. The van der Waals surface area contributed by atoms with Crippen LogP contribution in [0.4, 0.5) is 0 Å². The van der Waals surface area contributed by atoms with Gasteiger partial charge in [-0.15, -0.1) is 0 Å². The van der Waals surface area contributed by atoms with Gasteiger partial charge in [0.1, 0.15) is 19.8 Å². The second-order valence-electron chi connectivity index (χ2n) is 22.7. The maximum absolute atomic E-state index is 12.8. The number of hydrogen-bond acceptors (Lipinski definition) is 8. The molecule has 0 rings (SSSR count). The predicted octanol–water partition coefficient (Wildman–Crippen LogP) is 20.3. The first-order valence-electron chi connectivity index (χ1n) is 32.6. The Morgan fingerprint density at radius 1 is 0.400 bits per heavy atom. The third-order valence-electron chi connectivity index (χ3n) is 13.8. The molecule has 0 aliphatic carbocycles. The van der Waals surface area contributed by atoms with E-state index < -0.39 is 26.5 Å². The first kappa shape index (κ1) is 76.7. The lowest BCUT2D eigenvalue weighted by molar-refractivity contribution is -0.870. The van der Waals surface area contributed by atoms with E-state index in [-0.39, 0.29) is 32.0 Å². The molecule has 0 aliphatic heterocycles. The summed E-state index contributed by atoms with van der Waals surface area (Å²) in [6.45, 7) is 4.12. The topological polar surface area (TPSA) is 111 Å². The second kappa shape index (κ2) is 60.3. The van der Waals surface area contributed by atoms with Crippen molar-refractivity contribution in [2.45, 2.75) is 277 Å². The fourth-order valence-corrected chi connectivity index (χ4v) is 9.51. The molecule has 0 radical (unpaired) electrons. The molecule has 2 atom stereocenters. The maximum Gasteiger partial charge on any atom is 0.306 e. The minimum atomic E-state index is -4.65. The van der Waals surface area contributed by atoms with Crippen LogP contribution in [0.1, 0.15) is 271 Å². The van der Waals surface area contributed by atoms with Gasteiger partial charge < -0.3 is 27.9 Å². The molecule has 0 spiro atoms. The summed E-state index contributed by atoms with van der Waals surface area (Å²) in [5.74, 6) is -0.840. The smallest absolute Gasteiger partial charge is 0.306 e. The largest absolute Gasteiger partial charge is 0.756 e. The van der Waals surface area contributed by atoms with Crippen LogP contribution in [0.2, 0.25) is 0 Å². The molecule has 9 nitrogen and oxygen atoms in total. The number of likely N-dealkylation sites (N-methyl/N-ethyl adjacent to an activating group) is 1. The second-order valence-corrected chi connectivity index (χ2v) is 24.2. The number of quaternary nitrogens is 1. The summed E-state index contributed by atoms with van der Waals surface area (Å²) in [6.07, 6.45) is 84.3. The number of esters is 2. The summed E-state index contributed by atoms with van der Waals surface area (Å²) in [4.78, 5) is 38.0. The van der Waals surface area contributed by atoms with Gasteiger partial charge in [-0.05, 0) is 103 Å². The zero-order valence-electron chi connectivity index (χ0n) is 52.2. The monoisotopic (exact) mass is 1140 g/mol. The maximum atomic E-state index is 12.8.